The molecule has 0 radical (unpaired) electrons. The van der Waals surface area contributed by atoms with Gasteiger partial charge in [-0.05, 0) is 105 Å². The topological polar surface area (TPSA) is 23.8 Å². The highest BCUT2D eigenvalue weighted by atomic mass is 15.5. The molecule has 3 heterocycles. The van der Waals surface area contributed by atoms with Crippen LogP contribution >= 0.6 is 0 Å². The van der Waals surface area contributed by atoms with Gasteiger partial charge in [0, 0.05) is 16.5 Å². The van der Waals surface area contributed by atoms with E-state index in [0.29, 0.717) is 0 Å². The van der Waals surface area contributed by atoms with E-state index in [2.05, 4.69) is 188 Å². The monoisotopic (exact) mass is 608 g/mol. The first-order valence-corrected chi connectivity index (χ1v) is 16.4. The summed E-state index contributed by atoms with van der Waals surface area (Å²) in [6.45, 7) is 9.07. The summed E-state index contributed by atoms with van der Waals surface area (Å²) in [6, 6.07) is 52.7. The normalized spacial score (nSPS) is 16.0. The van der Waals surface area contributed by atoms with E-state index >= 15 is 0 Å². The number of guanidine groups is 1. The molecule has 0 amide bonds. The molecule has 0 fully saturated rings. The van der Waals surface area contributed by atoms with Crippen LogP contribution in [0.1, 0.15) is 27.7 Å². The molecule has 4 heteroatoms. The van der Waals surface area contributed by atoms with Crippen molar-refractivity contribution < 1.29 is 0 Å². The third kappa shape index (κ3) is 4.04. The van der Waals surface area contributed by atoms with Crippen LogP contribution < -0.4 is 9.80 Å². The molecule has 2 aliphatic rings. The smallest absolute Gasteiger partial charge is 0.211 e. The van der Waals surface area contributed by atoms with Crippen LogP contribution in [0.15, 0.2) is 151 Å². The van der Waals surface area contributed by atoms with Gasteiger partial charge in [-0.3, -0.25) is 4.90 Å². The Kier molecular flexibility index (Phi) is 5.86. The quantitative estimate of drug-likeness (QED) is 0.198. The van der Waals surface area contributed by atoms with Crippen molar-refractivity contribution in [3.05, 3.63) is 146 Å². The van der Waals surface area contributed by atoms with Crippen molar-refractivity contribution in [1.29, 1.82) is 0 Å². The summed E-state index contributed by atoms with van der Waals surface area (Å²) in [4.78, 5) is 10.1. The summed E-state index contributed by atoms with van der Waals surface area (Å²) in [5.74, 6) is 0.987. The van der Waals surface area contributed by atoms with E-state index in [-0.39, 0.29) is 11.1 Å². The zero-order chi connectivity index (χ0) is 31.9. The maximum absolute atomic E-state index is 5.34. The van der Waals surface area contributed by atoms with E-state index < -0.39 is 0 Å². The van der Waals surface area contributed by atoms with E-state index in [4.69, 9.17) is 4.99 Å². The fourth-order valence-corrected chi connectivity index (χ4v) is 7.42. The SMILES string of the molecule is CC1(C)N=C2N(c3cccc(-n4c5ccc(-c6ccccc6)cc5c5cc(-c6ccccc6)ccc54)c3)c3ccccc3N2C1(C)C. The predicted molar refractivity (Wildman–Crippen MR) is 198 cm³/mol. The van der Waals surface area contributed by atoms with Crippen LogP contribution in [0.3, 0.4) is 0 Å². The van der Waals surface area contributed by atoms with Crippen molar-refractivity contribution in [2.24, 2.45) is 4.99 Å². The number of para-hydroxylation sites is 2. The number of aliphatic imine (C=N–C) groups is 1. The first kappa shape index (κ1) is 27.7. The van der Waals surface area contributed by atoms with Crippen molar-refractivity contribution in [3.8, 4) is 27.9 Å². The van der Waals surface area contributed by atoms with E-state index in [1.165, 1.54) is 49.7 Å². The molecule has 2 aliphatic heterocycles. The minimum Gasteiger partial charge on any atom is -0.309 e. The van der Waals surface area contributed by atoms with Gasteiger partial charge < -0.3 is 9.47 Å². The number of rotatable bonds is 4. The molecule has 0 aliphatic carbocycles. The van der Waals surface area contributed by atoms with Crippen LogP contribution in [0.4, 0.5) is 17.1 Å². The maximum Gasteiger partial charge on any atom is 0.211 e. The molecule has 47 heavy (non-hydrogen) atoms. The largest absolute Gasteiger partial charge is 0.309 e. The van der Waals surface area contributed by atoms with E-state index in [0.717, 1.165) is 23.0 Å². The molecule has 0 bridgehead atoms. The second-order valence-electron chi connectivity index (χ2n) is 13.7. The number of anilines is 3. The zero-order valence-electron chi connectivity index (χ0n) is 27.1. The molecule has 7 aromatic rings. The fraction of sp³-hybridized carbons (Fsp3) is 0.140. The average Bonchev–Trinajstić information content (AvgIpc) is 3.66. The second-order valence-corrected chi connectivity index (χ2v) is 13.7. The molecule has 0 saturated heterocycles. The first-order chi connectivity index (χ1) is 22.8. The second kappa shape index (κ2) is 9.94. The Morgan fingerprint density at radius 1 is 0.468 bits per heavy atom. The highest BCUT2D eigenvalue weighted by Gasteiger charge is 2.54. The number of hydrogen-bond acceptors (Lipinski definition) is 3. The van der Waals surface area contributed by atoms with E-state index in [1.54, 1.807) is 0 Å². The summed E-state index contributed by atoms with van der Waals surface area (Å²) in [7, 11) is 0. The molecular weight excluding hydrogens is 573 g/mol. The number of nitrogens with zero attached hydrogens (tertiary/aromatic N) is 4. The van der Waals surface area contributed by atoms with Gasteiger partial charge in [-0.2, -0.15) is 0 Å². The maximum atomic E-state index is 5.34. The van der Waals surface area contributed by atoms with Gasteiger partial charge in [0.2, 0.25) is 5.96 Å². The van der Waals surface area contributed by atoms with Crippen LogP contribution in [-0.4, -0.2) is 21.6 Å². The molecule has 0 saturated carbocycles. The Morgan fingerprint density at radius 2 is 1.00 bits per heavy atom. The Labute approximate surface area is 275 Å². The lowest BCUT2D eigenvalue weighted by atomic mass is 9.83. The van der Waals surface area contributed by atoms with Gasteiger partial charge in [-0.25, -0.2) is 4.99 Å². The van der Waals surface area contributed by atoms with Crippen molar-refractivity contribution in [1.82, 2.24) is 4.57 Å². The molecular formula is C43H36N4. The summed E-state index contributed by atoms with van der Waals surface area (Å²) < 4.78 is 2.42. The molecule has 6 aromatic carbocycles. The van der Waals surface area contributed by atoms with Gasteiger partial charge in [0.15, 0.2) is 0 Å². The minimum absolute atomic E-state index is 0.176. The Hall–Kier alpha value is -5.61. The van der Waals surface area contributed by atoms with Crippen LogP contribution in [-0.2, 0) is 0 Å². The van der Waals surface area contributed by atoms with Gasteiger partial charge in [0.05, 0.1) is 39.2 Å². The third-order valence-electron chi connectivity index (χ3n) is 10.5. The molecule has 9 rings (SSSR count). The van der Waals surface area contributed by atoms with Crippen LogP contribution in [0.2, 0.25) is 0 Å². The first-order valence-electron chi connectivity index (χ1n) is 16.4. The highest BCUT2D eigenvalue weighted by Crippen LogP contribution is 2.52. The van der Waals surface area contributed by atoms with Gasteiger partial charge in [-0.15, -0.1) is 0 Å². The standard InChI is InChI=1S/C43H36N4/c1-42(2)43(3,4)47-40-21-12-11-20-39(40)46(41(47)44-42)34-19-13-18-33(28-34)45-37-24-22-31(29-14-7-5-8-15-29)26-35(37)36-27-32(23-25-38(36)45)30-16-9-6-10-17-30/h5-28H,1-4H3. The summed E-state index contributed by atoms with van der Waals surface area (Å²) in [5.41, 5.74) is 11.4. The number of aromatic nitrogens is 1. The molecule has 4 nitrogen and oxygen atoms in total. The Bertz CT molecular complexity index is 2270. The molecule has 0 atom stereocenters. The Balaban J connectivity index is 1.25. The fourth-order valence-electron chi connectivity index (χ4n) is 7.42. The van der Waals surface area contributed by atoms with Gasteiger partial charge in [0.25, 0.3) is 0 Å². The third-order valence-corrected chi connectivity index (χ3v) is 10.5. The lowest BCUT2D eigenvalue weighted by Crippen LogP contribution is -2.53. The highest BCUT2D eigenvalue weighted by molar-refractivity contribution is 6.22. The number of benzene rings is 6. The summed E-state index contributed by atoms with van der Waals surface area (Å²) in [5, 5.41) is 2.48. The van der Waals surface area contributed by atoms with Crippen molar-refractivity contribution in [3.63, 3.8) is 0 Å². The van der Waals surface area contributed by atoms with Crippen LogP contribution in [0, 0.1) is 0 Å². The summed E-state index contributed by atoms with van der Waals surface area (Å²) >= 11 is 0. The number of hydrogen-bond donors (Lipinski definition) is 0. The molecule has 228 valence electrons. The van der Waals surface area contributed by atoms with Crippen molar-refractivity contribution in [2.75, 3.05) is 9.80 Å². The van der Waals surface area contributed by atoms with Crippen molar-refractivity contribution in [2.45, 2.75) is 38.8 Å². The Morgan fingerprint density at radius 3 is 1.60 bits per heavy atom. The van der Waals surface area contributed by atoms with Crippen LogP contribution in [0.25, 0.3) is 49.7 Å². The molecule has 1 aromatic heterocycles. The predicted octanol–water partition coefficient (Wildman–Crippen LogP) is 11.0. The minimum atomic E-state index is -0.245. The molecule has 0 N–H and O–H groups in total. The van der Waals surface area contributed by atoms with Gasteiger partial charge in [-0.1, -0.05) is 91.0 Å². The number of fused-ring (bicyclic) bond motifs is 6. The zero-order valence-corrected chi connectivity index (χ0v) is 27.1. The average molecular weight is 609 g/mol. The van der Waals surface area contributed by atoms with E-state index in [9.17, 15) is 0 Å². The van der Waals surface area contributed by atoms with Gasteiger partial charge in [0.1, 0.15) is 0 Å². The van der Waals surface area contributed by atoms with Crippen LogP contribution in [0.5, 0.6) is 0 Å². The van der Waals surface area contributed by atoms with E-state index in [1.807, 2.05) is 0 Å². The molecule has 0 unspecified atom stereocenters. The summed E-state index contributed by atoms with van der Waals surface area (Å²) in [6.07, 6.45) is 0. The molecule has 0 spiro atoms. The van der Waals surface area contributed by atoms with Gasteiger partial charge >= 0.3 is 0 Å². The van der Waals surface area contributed by atoms with Crippen molar-refractivity contribution >= 4 is 44.8 Å². The lowest BCUT2D eigenvalue weighted by molar-refractivity contribution is 0.338. The lowest BCUT2D eigenvalue weighted by Gasteiger charge is -2.39.